The SMILES string of the molecule is O=C(CCc1nc2ccccc2c(=O)[nH]1)NCC(c1ccccc1)N1CCCC1. The molecule has 0 saturated carbocycles. The molecule has 150 valence electrons. The molecule has 4 rings (SSSR count). The maximum atomic E-state index is 12.5. The van der Waals surface area contributed by atoms with Crippen LogP contribution in [0.4, 0.5) is 0 Å². The molecule has 1 aliphatic rings. The molecule has 0 bridgehead atoms. The average molecular weight is 390 g/mol. The lowest BCUT2D eigenvalue weighted by Crippen LogP contribution is -2.37. The molecule has 2 heterocycles. The summed E-state index contributed by atoms with van der Waals surface area (Å²) in [6, 6.07) is 17.8. The molecule has 0 spiro atoms. The van der Waals surface area contributed by atoms with Crippen LogP contribution in [0.2, 0.25) is 0 Å². The first-order valence-electron chi connectivity index (χ1n) is 10.2. The first-order chi connectivity index (χ1) is 14.2. The van der Waals surface area contributed by atoms with Crippen molar-refractivity contribution < 1.29 is 4.79 Å². The first kappa shape index (κ1) is 19.3. The van der Waals surface area contributed by atoms with Gasteiger partial charge in [-0.2, -0.15) is 0 Å². The van der Waals surface area contributed by atoms with E-state index in [0.717, 1.165) is 13.1 Å². The summed E-state index contributed by atoms with van der Waals surface area (Å²) in [7, 11) is 0. The Morgan fingerprint density at radius 1 is 1.07 bits per heavy atom. The van der Waals surface area contributed by atoms with Gasteiger partial charge in [0.15, 0.2) is 0 Å². The molecule has 3 aromatic rings. The number of nitrogens with one attached hydrogen (secondary N) is 2. The maximum Gasteiger partial charge on any atom is 0.258 e. The number of hydrogen-bond acceptors (Lipinski definition) is 4. The molecule has 0 radical (unpaired) electrons. The van der Waals surface area contributed by atoms with Crippen LogP contribution in [0.3, 0.4) is 0 Å². The van der Waals surface area contributed by atoms with E-state index in [1.807, 2.05) is 36.4 Å². The van der Waals surface area contributed by atoms with Gasteiger partial charge < -0.3 is 10.3 Å². The number of benzene rings is 2. The number of para-hydroxylation sites is 1. The van der Waals surface area contributed by atoms with E-state index in [-0.39, 0.29) is 17.5 Å². The summed E-state index contributed by atoms with van der Waals surface area (Å²) < 4.78 is 0. The molecule has 1 aliphatic heterocycles. The molecule has 0 aliphatic carbocycles. The Morgan fingerprint density at radius 3 is 2.59 bits per heavy atom. The molecule has 2 N–H and O–H groups in total. The number of H-pyrrole nitrogens is 1. The fourth-order valence-corrected chi connectivity index (χ4v) is 3.97. The number of nitrogens with zero attached hydrogens (tertiary/aromatic N) is 2. The lowest BCUT2D eigenvalue weighted by molar-refractivity contribution is -0.121. The minimum atomic E-state index is -0.163. The third-order valence-electron chi connectivity index (χ3n) is 5.51. The fraction of sp³-hybridized carbons (Fsp3) is 0.348. The number of carbonyl (C=O) groups is 1. The Balaban J connectivity index is 1.37. The van der Waals surface area contributed by atoms with Gasteiger partial charge in [-0.3, -0.25) is 14.5 Å². The monoisotopic (exact) mass is 390 g/mol. The summed E-state index contributed by atoms with van der Waals surface area (Å²) in [5, 5.41) is 3.65. The standard InChI is InChI=1S/C23H26N4O2/c28-22(13-12-21-25-19-11-5-4-10-18(19)23(29)26-21)24-16-20(27-14-6-7-15-27)17-8-2-1-3-9-17/h1-5,8-11,20H,6-7,12-16H2,(H,24,28)(H,25,26,29). The number of likely N-dealkylation sites (tertiary alicyclic amines) is 1. The van der Waals surface area contributed by atoms with Crippen molar-refractivity contribution in [2.75, 3.05) is 19.6 Å². The van der Waals surface area contributed by atoms with E-state index in [0.29, 0.717) is 36.1 Å². The van der Waals surface area contributed by atoms with Gasteiger partial charge >= 0.3 is 0 Å². The molecule has 2 aromatic carbocycles. The third kappa shape index (κ3) is 4.71. The third-order valence-corrected chi connectivity index (χ3v) is 5.51. The van der Waals surface area contributed by atoms with E-state index >= 15 is 0 Å². The van der Waals surface area contributed by atoms with E-state index < -0.39 is 0 Å². The number of rotatable bonds is 7. The van der Waals surface area contributed by atoms with Crippen LogP contribution >= 0.6 is 0 Å². The second-order valence-corrected chi connectivity index (χ2v) is 7.50. The van der Waals surface area contributed by atoms with Crippen LogP contribution in [-0.4, -0.2) is 40.4 Å². The van der Waals surface area contributed by atoms with Crippen molar-refractivity contribution >= 4 is 16.8 Å². The molecule has 29 heavy (non-hydrogen) atoms. The van der Waals surface area contributed by atoms with Gasteiger partial charge in [0.2, 0.25) is 5.91 Å². The minimum absolute atomic E-state index is 0.0269. The predicted molar refractivity (Wildman–Crippen MR) is 114 cm³/mol. The van der Waals surface area contributed by atoms with Crippen molar-refractivity contribution in [1.82, 2.24) is 20.2 Å². The Bertz CT molecular complexity index is 1030. The van der Waals surface area contributed by atoms with Gasteiger partial charge in [-0.1, -0.05) is 42.5 Å². The summed E-state index contributed by atoms with van der Waals surface area (Å²) in [6.45, 7) is 2.72. The van der Waals surface area contributed by atoms with E-state index in [4.69, 9.17) is 0 Å². The highest BCUT2D eigenvalue weighted by molar-refractivity contribution is 5.78. The Morgan fingerprint density at radius 2 is 1.79 bits per heavy atom. The molecule has 1 amide bonds. The zero-order chi connectivity index (χ0) is 20.1. The average Bonchev–Trinajstić information content (AvgIpc) is 3.28. The van der Waals surface area contributed by atoms with Gasteiger partial charge in [0, 0.05) is 19.4 Å². The highest BCUT2D eigenvalue weighted by atomic mass is 16.1. The lowest BCUT2D eigenvalue weighted by Gasteiger charge is -2.28. The summed E-state index contributed by atoms with van der Waals surface area (Å²) in [4.78, 5) is 34.3. The number of carbonyl (C=O) groups excluding carboxylic acids is 1. The zero-order valence-electron chi connectivity index (χ0n) is 16.4. The normalized spacial score (nSPS) is 15.4. The Kier molecular flexibility index (Phi) is 6.00. The van der Waals surface area contributed by atoms with E-state index in [9.17, 15) is 9.59 Å². The quantitative estimate of drug-likeness (QED) is 0.650. The molecule has 1 unspecified atom stereocenters. The van der Waals surface area contributed by atoms with Gasteiger partial charge in [0.25, 0.3) is 5.56 Å². The topological polar surface area (TPSA) is 78.1 Å². The van der Waals surface area contributed by atoms with Crippen molar-refractivity contribution in [2.24, 2.45) is 0 Å². The molecule has 6 heteroatoms. The number of aromatic nitrogens is 2. The van der Waals surface area contributed by atoms with Crippen molar-refractivity contribution in [3.63, 3.8) is 0 Å². The van der Waals surface area contributed by atoms with Crippen LogP contribution < -0.4 is 10.9 Å². The smallest absolute Gasteiger partial charge is 0.258 e. The molecular weight excluding hydrogens is 364 g/mol. The van der Waals surface area contributed by atoms with Crippen molar-refractivity contribution in [1.29, 1.82) is 0 Å². The number of fused-ring (bicyclic) bond motifs is 1. The van der Waals surface area contributed by atoms with Crippen LogP contribution in [0.25, 0.3) is 10.9 Å². The summed E-state index contributed by atoms with van der Waals surface area (Å²) in [5.41, 5.74) is 1.73. The number of aryl methyl sites for hydroxylation is 1. The van der Waals surface area contributed by atoms with Crippen molar-refractivity contribution in [3.8, 4) is 0 Å². The van der Waals surface area contributed by atoms with Gasteiger partial charge in [-0.05, 0) is 43.6 Å². The summed E-state index contributed by atoms with van der Waals surface area (Å²) in [6.07, 6.45) is 3.12. The molecule has 1 aromatic heterocycles. The summed E-state index contributed by atoms with van der Waals surface area (Å²) in [5.74, 6) is 0.518. The number of hydrogen-bond donors (Lipinski definition) is 2. The molecule has 1 atom stereocenters. The maximum absolute atomic E-state index is 12.5. The second kappa shape index (κ2) is 9.01. The molecule has 1 fully saturated rings. The van der Waals surface area contributed by atoms with Gasteiger partial charge in [-0.25, -0.2) is 4.98 Å². The minimum Gasteiger partial charge on any atom is -0.354 e. The zero-order valence-corrected chi connectivity index (χ0v) is 16.4. The summed E-state index contributed by atoms with van der Waals surface area (Å²) >= 11 is 0. The fourth-order valence-electron chi connectivity index (χ4n) is 3.97. The van der Waals surface area contributed by atoms with E-state index in [2.05, 4.69) is 32.3 Å². The van der Waals surface area contributed by atoms with E-state index in [1.165, 1.54) is 18.4 Å². The van der Waals surface area contributed by atoms with Gasteiger partial charge in [-0.15, -0.1) is 0 Å². The molecule has 1 saturated heterocycles. The van der Waals surface area contributed by atoms with Crippen LogP contribution in [0.1, 0.15) is 36.7 Å². The van der Waals surface area contributed by atoms with Gasteiger partial charge in [0.05, 0.1) is 16.9 Å². The lowest BCUT2D eigenvalue weighted by atomic mass is 10.1. The highest BCUT2D eigenvalue weighted by Gasteiger charge is 2.23. The largest absolute Gasteiger partial charge is 0.354 e. The van der Waals surface area contributed by atoms with Crippen LogP contribution in [0.15, 0.2) is 59.4 Å². The first-order valence-corrected chi connectivity index (χ1v) is 10.2. The van der Waals surface area contributed by atoms with Crippen molar-refractivity contribution in [3.05, 3.63) is 76.3 Å². The van der Waals surface area contributed by atoms with Crippen molar-refractivity contribution in [2.45, 2.75) is 31.7 Å². The molecular formula is C23H26N4O2. The van der Waals surface area contributed by atoms with Crippen LogP contribution in [-0.2, 0) is 11.2 Å². The Hall–Kier alpha value is -2.99. The number of amides is 1. The van der Waals surface area contributed by atoms with E-state index in [1.54, 1.807) is 6.07 Å². The highest BCUT2D eigenvalue weighted by Crippen LogP contribution is 2.24. The molecule has 6 nitrogen and oxygen atoms in total. The van der Waals surface area contributed by atoms with Crippen LogP contribution in [0, 0.1) is 0 Å². The Labute approximate surface area is 170 Å². The van der Waals surface area contributed by atoms with Gasteiger partial charge in [0.1, 0.15) is 5.82 Å². The number of aromatic amines is 1. The second-order valence-electron chi connectivity index (χ2n) is 7.50. The van der Waals surface area contributed by atoms with Crippen LogP contribution in [0.5, 0.6) is 0 Å². The predicted octanol–water partition coefficient (Wildman–Crippen LogP) is 2.81.